The summed E-state index contributed by atoms with van der Waals surface area (Å²) in [7, 11) is -2.98. The summed E-state index contributed by atoms with van der Waals surface area (Å²) >= 11 is 0. The maximum absolute atomic E-state index is 12.4. The van der Waals surface area contributed by atoms with Crippen molar-refractivity contribution in [1.29, 1.82) is 0 Å². The molecule has 0 radical (unpaired) electrons. The number of allylic oxidation sites excluding steroid dienone is 1. The maximum atomic E-state index is 12.4. The van der Waals surface area contributed by atoms with Crippen LogP contribution in [0.25, 0.3) is 6.08 Å². The number of hydrogen-bond donors (Lipinski definition) is 0. The molecule has 0 saturated heterocycles. The van der Waals surface area contributed by atoms with Crippen LogP contribution in [-0.4, -0.2) is 19.4 Å². The van der Waals surface area contributed by atoms with Gasteiger partial charge in [0.15, 0.2) is 0 Å². The molecule has 0 heterocycles. The second-order valence-electron chi connectivity index (χ2n) is 4.27. The summed E-state index contributed by atoms with van der Waals surface area (Å²) < 4.78 is 23.2. The van der Waals surface area contributed by atoms with Gasteiger partial charge in [0.25, 0.3) is 0 Å². The van der Waals surface area contributed by atoms with Crippen molar-refractivity contribution in [2.45, 2.75) is 26.7 Å². The van der Waals surface area contributed by atoms with Crippen molar-refractivity contribution in [2.24, 2.45) is 0 Å². The molecule has 4 heteroatoms. The number of rotatable bonds is 9. The Morgan fingerprint density at radius 2 is 1.63 bits per heavy atom. The van der Waals surface area contributed by atoms with E-state index in [4.69, 9.17) is 9.05 Å². The van der Waals surface area contributed by atoms with Crippen LogP contribution in [0.2, 0.25) is 0 Å². The van der Waals surface area contributed by atoms with Gasteiger partial charge >= 0.3 is 7.60 Å². The Labute approximate surface area is 116 Å². The molecule has 106 valence electrons. The van der Waals surface area contributed by atoms with Gasteiger partial charge in [-0.25, -0.2) is 0 Å². The molecule has 0 bridgehead atoms. The molecule has 0 spiro atoms. The van der Waals surface area contributed by atoms with Crippen LogP contribution in [0.3, 0.4) is 0 Å². The Balaban J connectivity index is 2.57. The standard InChI is InChI=1S/C15H23O3P/c1-3-12-17-19(16,18-13-4-2)14-8-11-15-9-6-5-7-10-15/h5-11H,3-4,12-14H2,1-2H3. The molecule has 0 amide bonds. The van der Waals surface area contributed by atoms with Gasteiger partial charge in [0, 0.05) is 0 Å². The first-order valence-electron chi connectivity index (χ1n) is 6.80. The summed E-state index contributed by atoms with van der Waals surface area (Å²) in [5, 5.41) is 0. The summed E-state index contributed by atoms with van der Waals surface area (Å²) in [6.45, 7) is 4.92. The summed E-state index contributed by atoms with van der Waals surface area (Å²) in [6.07, 6.45) is 5.80. The van der Waals surface area contributed by atoms with Crippen LogP contribution < -0.4 is 0 Å². The molecule has 1 aromatic rings. The molecular formula is C15H23O3P. The van der Waals surface area contributed by atoms with Gasteiger partial charge in [0.2, 0.25) is 0 Å². The molecule has 0 N–H and O–H groups in total. The lowest BCUT2D eigenvalue weighted by Gasteiger charge is -2.16. The maximum Gasteiger partial charge on any atom is 0.334 e. The van der Waals surface area contributed by atoms with Gasteiger partial charge in [-0.3, -0.25) is 4.57 Å². The van der Waals surface area contributed by atoms with Crippen molar-refractivity contribution in [3.63, 3.8) is 0 Å². The van der Waals surface area contributed by atoms with Crippen LogP contribution in [0.4, 0.5) is 0 Å². The van der Waals surface area contributed by atoms with Gasteiger partial charge in [-0.15, -0.1) is 0 Å². The Morgan fingerprint density at radius 3 is 2.16 bits per heavy atom. The zero-order chi connectivity index (χ0) is 14.0. The SMILES string of the molecule is CCCOP(=O)(CC=Cc1ccccc1)OCCC. The van der Waals surface area contributed by atoms with Crippen LogP contribution in [-0.2, 0) is 13.6 Å². The molecule has 0 aliphatic heterocycles. The average Bonchev–Trinajstić information content (AvgIpc) is 2.44. The lowest BCUT2D eigenvalue weighted by molar-refractivity contribution is 0.207. The van der Waals surface area contributed by atoms with E-state index in [0.29, 0.717) is 19.4 Å². The van der Waals surface area contributed by atoms with Gasteiger partial charge in [-0.1, -0.05) is 56.3 Å². The van der Waals surface area contributed by atoms with Crippen LogP contribution in [0.15, 0.2) is 36.4 Å². The molecule has 0 atom stereocenters. The highest BCUT2D eigenvalue weighted by atomic mass is 31.2. The van der Waals surface area contributed by atoms with Crippen LogP contribution >= 0.6 is 7.60 Å². The largest absolute Gasteiger partial charge is 0.334 e. The Hall–Kier alpha value is -0.890. The third-order valence-electron chi connectivity index (χ3n) is 2.42. The van der Waals surface area contributed by atoms with Crippen molar-refractivity contribution in [1.82, 2.24) is 0 Å². The minimum Gasteiger partial charge on any atom is -0.308 e. The van der Waals surface area contributed by atoms with E-state index >= 15 is 0 Å². The quantitative estimate of drug-likeness (QED) is 0.613. The molecule has 19 heavy (non-hydrogen) atoms. The molecule has 0 saturated carbocycles. The lowest BCUT2D eigenvalue weighted by atomic mass is 10.2. The number of benzene rings is 1. The van der Waals surface area contributed by atoms with E-state index < -0.39 is 7.60 Å². The Bertz CT molecular complexity index is 403. The van der Waals surface area contributed by atoms with Crippen molar-refractivity contribution in [3.8, 4) is 0 Å². The van der Waals surface area contributed by atoms with E-state index in [-0.39, 0.29) is 0 Å². The molecule has 0 fully saturated rings. The highest BCUT2D eigenvalue weighted by Crippen LogP contribution is 2.48. The van der Waals surface area contributed by atoms with E-state index in [1.54, 1.807) is 0 Å². The summed E-state index contributed by atoms with van der Waals surface area (Å²) in [6, 6.07) is 9.92. The van der Waals surface area contributed by atoms with E-state index in [1.807, 2.05) is 56.3 Å². The second kappa shape index (κ2) is 9.08. The minimum atomic E-state index is -2.98. The molecule has 0 aliphatic carbocycles. The third kappa shape index (κ3) is 6.72. The molecule has 1 aromatic carbocycles. The molecule has 1 rings (SSSR count). The predicted octanol–water partition coefficient (Wildman–Crippen LogP) is 4.75. The van der Waals surface area contributed by atoms with Crippen molar-refractivity contribution in [2.75, 3.05) is 19.4 Å². The van der Waals surface area contributed by atoms with Gasteiger partial charge < -0.3 is 9.05 Å². The highest BCUT2D eigenvalue weighted by molar-refractivity contribution is 7.54. The third-order valence-corrected chi connectivity index (χ3v) is 4.23. The fourth-order valence-corrected chi connectivity index (χ4v) is 3.06. The summed E-state index contributed by atoms with van der Waals surface area (Å²) in [5.74, 6) is 0. The highest BCUT2D eigenvalue weighted by Gasteiger charge is 2.21. The molecular weight excluding hydrogens is 259 g/mol. The van der Waals surface area contributed by atoms with Crippen molar-refractivity contribution >= 4 is 13.7 Å². The van der Waals surface area contributed by atoms with Gasteiger partial charge in [0.1, 0.15) is 0 Å². The summed E-state index contributed by atoms with van der Waals surface area (Å²) in [5.41, 5.74) is 1.08. The summed E-state index contributed by atoms with van der Waals surface area (Å²) in [4.78, 5) is 0. The van der Waals surface area contributed by atoms with Crippen LogP contribution in [0, 0.1) is 0 Å². The van der Waals surface area contributed by atoms with E-state index in [2.05, 4.69) is 0 Å². The van der Waals surface area contributed by atoms with E-state index in [0.717, 1.165) is 18.4 Å². The molecule has 0 unspecified atom stereocenters. The second-order valence-corrected chi connectivity index (χ2v) is 6.38. The van der Waals surface area contributed by atoms with E-state index in [9.17, 15) is 4.57 Å². The molecule has 3 nitrogen and oxygen atoms in total. The monoisotopic (exact) mass is 282 g/mol. The van der Waals surface area contributed by atoms with Gasteiger partial charge in [0.05, 0.1) is 19.4 Å². The number of hydrogen-bond acceptors (Lipinski definition) is 3. The fraction of sp³-hybridized carbons (Fsp3) is 0.467. The van der Waals surface area contributed by atoms with Crippen LogP contribution in [0.1, 0.15) is 32.3 Å². The Morgan fingerprint density at radius 1 is 1.05 bits per heavy atom. The fourth-order valence-electron chi connectivity index (χ4n) is 1.49. The zero-order valence-corrected chi connectivity index (χ0v) is 12.6. The van der Waals surface area contributed by atoms with Gasteiger partial charge in [-0.2, -0.15) is 0 Å². The first-order chi connectivity index (χ1) is 9.20. The van der Waals surface area contributed by atoms with Gasteiger partial charge in [-0.05, 0) is 18.4 Å². The van der Waals surface area contributed by atoms with Crippen LogP contribution in [0.5, 0.6) is 0 Å². The molecule has 0 aliphatic rings. The first-order valence-corrected chi connectivity index (χ1v) is 8.52. The van der Waals surface area contributed by atoms with Crippen molar-refractivity contribution < 1.29 is 13.6 Å². The van der Waals surface area contributed by atoms with E-state index in [1.165, 1.54) is 0 Å². The Kier molecular flexibility index (Phi) is 7.73. The smallest absolute Gasteiger partial charge is 0.308 e. The van der Waals surface area contributed by atoms with Crippen molar-refractivity contribution in [3.05, 3.63) is 42.0 Å². The average molecular weight is 282 g/mol. The molecule has 0 aromatic heterocycles. The predicted molar refractivity (Wildman–Crippen MR) is 80.4 cm³/mol. The topological polar surface area (TPSA) is 35.5 Å². The lowest BCUT2D eigenvalue weighted by Crippen LogP contribution is -2.00. The zero-order valence-electron chi connectivity index (χ0n) is 11.7. The minimum absolute atomic E-state index is 0.321. The normalized spacial score (nSPS) is 12.1. The first kappa shape index (κ1) is 16.2.